The highest BCUT2D eigenvalue weighted by Gasteiger charge is 2.36. The van der Waals surface area contributed by atoms with E-state index in [0.29, 0.717) is 41.7 Å². The average molecular weight is 495 g/mol. The van der Waals surface area contributed by atoms with Crippen molar-refractivity contribution in [2.75, 3.05) is 25.2 Å². The molecule has 8 heteroatoms. The summed E-state index contributed by atoms with van der Waals surface area (Å²) in [6, 6.07) is 10.9. The number of rotatable bonds is 13. The van der Waals surface area contributed by atoms with Crippen molar-refractivity contribution < 1.29 is 28.6 Å². The maximum absolute atomic E-state index is 13.1. The van der Waals surface area contributed by atoms with Gasteiger partial charge in [-0.15, -0.1) is 0 Å². The number of urea groups is 1. The molecule has 1 aliphatic rings. The first-order valence-corrected chi connectivity index (χ1v) is 12.4. The number of imide groups is 2. The van der Waals surface area contributed by atoms with Gasteiger partial charge in [0, 0.05) is 0 Å². The number of benzene rings is 2. The van der Waals surface area contributed by atoms with Crippen LogP contribution in [0.1, 0.15) is 57.9 Å². The predicted octanol–water partition coefficient (Wildman–Crippen LogP) is 5.50. The summed E-state index contributed by atoms with van der Waals surface area (Å²) in [6.07, 6.45) is 8.46. The molecule has 2 aromatic carbocycles. The standard InChI is InChI=1S/C28H34N2O6/c1-4-6-7-8-9-10-17-36-24-16-11-20(19-25(24)35-5-2)18-23-26(31)29-28(33)30(27(23)32)21-12-14-22(34-3)15-13-21/h11-16,18-19H,4-10,17H2,1-3H3,(H,29,31,33)/b23-18+. The Balaban J connectivity index is 1.76. The molecular formula is C28H34N2O6. The van der Waals surface area contributed by atoms with Crippen LogP contribution in [0.5, 0.6) is 17.2 Å². The summed E-state index contributed by atoms with van der Waals surface area (Å²) in [6.45, 7) is 5.10. The topological polar surface area (TPSA) is 94.2 Å². The molecule has 4 amide bonds. The van der Waals surface area contributed by atoms with Crippen LogP contribution in [-0.2, 0) is 9.59 Å². The summed E-state index contributed by atoms with van der Waals surface area (Å²) in [5.41, 5.74) is 0.742. The summed E-state index contributed by atoms with van der Waals surface area (Å²) >= 11 is 0. The largest absolute Gasteiger partial charge is 0.497 e. The lowest BCUT2D eigenvalue weighted by atomic mass is 10.1. The summed E-state index contributed by atoms with van der Waals surface area (Å²) in [7, 11) is 1.52. The van der Waals surface area contributed by atoms with E-state index >= 15 is 0 Å². The van der Waals surface area contributed by atoms with Crippen molar-refractivity contribution in [3.05, 3.63) is 53.6 Å². The average Bonchev–Trinajstić information content (AvgIpc) is 2.87. The van der Waals surface area contributed by atoms with Crippen molar-refractivity contribution >= 4 is 29.6 Å². The van der Waals surface area contributed by atoms with Gasteiger partial charge < -0.3 is 14.2 Å². The van der Waals surface area contributed by atoms with Crippen molar-refractivity contribution in [1.29, 1.82) is 0 Å². The summed E-state index contributed by atoms with van der Waals surface area (Å²) < 4.78 is 16.8. The third-order valence-corrected chi connectivity index (χ3v) is 5.77. The van der Waals surface area contributed by atoms with E-state index in [9.17, 15) is 14.4 Å². The maximum Gasteiger partial charge on any atom is 0.335 e. The van der Waals surface area contributed by atoms with E-state index < -0.39 is 17.8 Å². The molecule has 0 spiro atoms. The highest BCUT2D eigenvalue weighted by atomic mass is 16.5. The molecule has 8 nitrogen and oxygen atoms in total. The van der Waals surface area contributed by atoms with Gasteiger partial charge in [0.15, 0.2) is 11.5 Å². The number of methoxy groups -OCH3 is 1. The number of ether oxygens (including phenoxy) is 3. The molecule has 1 N–H and O–H groups in total. The van der Waals surface area contributed by atoms with Crippen LogP contribution in [0.25, 0.3) is 6.08 Å². The first kappa shape index (κ1) is 26.8. The molecule has 192 valence electrons. The third kappa shape index (κ3) is 6.87. The van der Waals surface area contributed by atoms with E-state index in [-0.39, 0.29) is 5.57 Å². The number of nitrogens with zero attached hydrogens (tertiary/aromatic N) is 1. The van der Waals surface area contributed by atoms with E-state index in [2.05, 4.69) is 12.2 Å². The maximum atomic E-state index is 13.1. The number of carbonyl (C=O) groups excluding carboxylic acids is 3. The molecule has 1 heterocycles. The zero-order valence-electron chi connectivity index (χ0n) is 21.2. The van der Waals surface area contributed by atoms with Gasteiger partial charge in [0.25, 0.3) is 11.8 Å². The van der Waals surface area contributed by atoms with E-state index in [4.69, 9.17) is 14.2 Å². The van der Waals surface area contributed by atoms with Crippen molar-refractivity contribution in [2.45, 2.75) is 52.4 Å². The van der Waals surface area contributed by atoms with Gasteiger partial charge in [0.05, 0.1) is 26.0 Å². The minimum atomic E-state index is -0.805. The van der Waals surface area contributed by atoms with Gasteiger partial charge in [-0.05, 0) is 61.4 Å². The van der Waals surface area contributed by atoms with Gasteiger partial charge >= 0.3 is 6.03 Å². The number of nitrogens with one attached hydrogen (secondary N) is 1. The predicted molar refractivity (Wildman–Crippen MR) is 138 cm³/mol. The SMILES string of the molecule is CCCCCCCCOc1ccc(/C=C2\C(=O)NC(=O)N(c3ccc(OC)cc3)C2=O)cc1OCC. The molecule has 0 aromatic heterocycles. The minimum absolute atomic E-state index is 0.159. The highest BCUT2D eigenvalue weighted by molar-refractivity contribution is 6.39. The molecule has 1 fully saturated rings. The van der Waals surface area contributed by atoms with E-state index in [1.165, 1.54) is 38.9 Å². The van der Waals surface area contributed by atoms with Crippen LogP contribution in [0.4, 0.5) is 10.5 Å². The Bertz CT molecular complexity index is 1090. The van der Waals surface area contributed by atoms with Crippen LogP contribution in [-0.4, -0.2) is 38.2 Å². The number of anilines is 1. The molecule has 0 saturated carbocycles. The lowest BCUT2D eigenvalue weighted by Gasteiger charge is -2.26. The Morgan fingerprint density at radius 2 is 1.58 bits per heavy atom. The van der Waals surface area contributed by atoms with Crippen LogP contribution in [0.2, 0.25) is 0 Å². The molecule has 0 unspecified atom stereocenters. The van der Waals surface area contributed by atoms with E-state index in [1.54, 1.807) is 42.5 Å². The normalized spacial score (nSPS) is 14.7. The summed E-state index contributed by atoms with van der Waals surface area (Å²) in [5.74, 6) is 0.260. The molecule has 36 heavy (non-hydrogen) atoms. The van der Waals surface area contributed by atoms with Gasteiger partial charge in [0.2, 0.25) is 0 Å². The Hall–Kier alpha value is -3.81. The highest BCUT2D eigenvalue weighted by Crippen LogP contribution is 2.31. The Labute approximate surface area is 212 Å². The molecular weight excluding hydrogens is 460 g/mol. The number of barbiturate groups is 1. The van der Waals surface area contributed by atoms with Gasteiger partial charge in [0.1, 0.15) is 11.3 Å². The number of unbranched alkanes of at least 4 members (excludes halogenated alkanes) is 5. The third-order valence-electron chi connectivity index (χ3n) is 5.77. The fourth-order valence-corrected chi connectivity index (χ4v) is 3.86. The van der Waals surface area contributed by atoms with Gasteiger partial charge in [-0.1, -0.05) is 45.1 Å². The first-order chi connectivity index (χ1) is 17.5. The fourth-order valence-electron chi connectivity index (χ4n) is 3.86. The molecule has 3 rings (SSSR count). The number of carbonyl (C=O) groups is 3. The van der Waals surface area contributed by atoms with Crippen LogP contribution in [0.3, 0.4) is 0 Å². The first-order valence-electron chi connectivity index (χ1n) is 12.4. The molecule has 0 aliphatic carbocycles. The van der Waals surface area contributed by atoms with Crippen molar-refractivity contribution in [2.24, 2.45) is 0 Å². The van der Waals surface area contributed by atoms with Crippen LogP contribution in [0, 0.1) is 0 Å². The smallest absolute Gasteiger partial charge is 0.335 e. The van der Waals surface area contributed by atoms with Gasteiger partial charge in [-0.2, -0.15) is 0 Å². The Morgan fingerprint density at radius 3 is 2.28 bits per heavy atom. The molecule has 0 atom stereocenters. The van der Waals surface area contributed by atoms with Crippen molar-refractivity contribution in [3.8, 4) is 17.2 Å². The lowest BCUT2D eigenvalue weighted by molar-refractivity contribution is -0.122. The minimum Gasteiger partial charge on any atom is -0.497 e. The van der Waals surface area contributed by atoms with E-state index in [1.807, 2.05) is 6.92 Å². The molecule has 1 aliphatic heterocycles. The van der Waals surface area contributed by atoms with Crippen molar-refractivity contribution in [3.63, 3.8) is 0 Å². The second-order valence-corrected chi connectivity index (χ2v) is 8.41. The Kier molecular flexibility index (Phi) is 9.92. The van der Waals surface area contributed by atoms with Crippen molar-refractivity contribution in [1.82, 2.24) is 5.32 Å². The second-order valence-electron chi connectivity index (χ2n) is 8.41. The summed E-state index contributed by atoms with van der Waals surface area (Å²) in [4.78, 5) is 39.0. The van der Waals surface area contributed by atoms with E-state index in [0.717, 1.165) is 17.7 Å². The second kappa shape index (κ2) is 13.3. The lowest BCUT2D eigenvalue weighted by Crippen LogP contribution is -2.54. The molecule has 1 saturated heterocycles. The number of amides is 4. The van der Waals surface area contributed by atoms with Crippen LogP contribution in [0.15, 0.2) is 48.0 Å². The molecule has 2 aromatic rings. The Morgan fingerprint density at radius 1 is 0.861 bits per heavy atom. The number of hydrogen-bond donors (Lipinski definition) is 1. The summed E-state index contributed by atoms with van der Waals surface area (Å²) in [5, 5.41) is 2.23. The monoisotopic (exact) mass is 494 g/mol. The molecule has 0 bridgehead atoms. The van der Waals surface area contributed by atoms with Gasteiger partial charge in [-0.25, -0.2) is 9.69 Å². The quantitative estimate of drug-likeness (QED) is 0.225. The van der Waals surface area contributed by atoms with Crippen LogP contribution < -0.4 is 24.4 Å². The fraction of sp³-hybridized carbons (Fsp3) is 0.393. The molecule has 0 radical (unpaired) electrons. The number of hydrogen-bond acceptors (Lipinski definition) is 6. The zero-order valence-corrected chi connectivity index (χ0v) is 21.2. The van der Waals surface area contributed by atoms with Gasteiger partial charge in [-0.3, -0.25) is 14.9 Å². The zero-order chi connectivity index (χ0) is 25.9. The van der Waals surface area contributed by atoms with Crippen LogP contribution >= 0.6 is 0 Å².